The topological polar surface area (TPSA) is 45.2 Å². The van der Waals surface area contributed by atoms with E-state index in [-0.39, 0.29) is 5.82 Å². The molecule has 5 rings (SSSR count). The lowest BCUT2D eigenvalue weighted by Crippen LogP contribution is -2.47. The summed E-state index contributed by atoms with van der Waals surface area (Å²) < 4.78 is 14.1. The first kappa shape index (κ1) is 18.5. The van der Waals surface area contributed by atoms with Crippen LogP contribution in [0.15, 0.2) is 73.1 Å². The van der Waals surface area contributed by atoms with E-state index < -0.39 is 0 Å². The zero-order valence-electron chi connectivity index (χ0n) is 16.6. The summed E-state index contributed by atoms with van der Waals surface area (Å²) in [5, 5.41) is 11.4. The van der Waals surface area contributed by atoms with E-state index in [1.165, 1.54) is 6.07 Å². The summed E-state index contributed by atoms with van der Waals surface area (Å²) in [7, 11) is 0. The molecular weight excluding hydrogens is 377 g/mol. The largest absolute Gasteiger partial charge is 0.366 e. The van der Waals surface area contributed by atoms with Crippen LogP contribution < -0.4 is 9.80 Å². The third kappa shape index (κ3) is 3.56. The molecule has 0 aliphatic carbocycles. The maximum atomic E-state index is 14.1. The molecular formula is C24H22FN5. The van der Waals surface area contributed by atoms with Crippen molar-refractivity contribution in [3.63, 3.8) is 0 Å². The Hall–Kier alpha value is -3.54. The standard InChI is InChI=1S/C24H22FN5/c25-21-7-3-4-8-23(21)29-13-15-30(16-14-29)24-20-6-2-1-5-19(20)22(27-28-24)17-18-9-11-26-12-10-18/h1-12H,13-17H2. The molecule has 0 N–H and O–H groups in total. The molecule has 4 aromatic rings. The Morgan fingerprint density at radius 3 is 2.17 bits per heavy atom. The fourth-order valence-corrected chi connectivity index (χ4v) is 4.07. The van der Waals surface area contributed by atoms with Crippen molar-refractivity contribution in [3.05, 3.63) is 90.1 Å². The van der Waals surface area contributed by atoms with Crippen LogP contribution in [-0.4, -0.2) is 41.4 Å². The quantitative estimate of drug-likeness (QED) is 0.517. The molecule has 1 aliphatic rings. The van der Waals surface area contributed by atoms with Gasteiger partial charge in [0.15, 0.2) is 5.82 Å². The molecule has 0 radical (unpaired) electrons. The summed E-state index contributed by atoms with van der Waals surface area (Å²) in [5.74, 6) is 0.730. The molecule has 5 nitrogen and oxygen atoms in total. The highest BCUT2D eigenvalue weighted by Gasteiger charge is 2.22. The minimum absolute atomic E-state index is 0.170. The molecule has 1 fully saturated rings. The van der Waals surface area contributed by atoms with Crippen LogP contribution in [0, 0.1) is 5.82 Å². The molecule has 1 saturated heterocycles. The van der Waals surface area contributed by atoms with Gasteiger partial charge >= 0.3 is 0 Å². The number of hydrogen-bond donors (Lipinski definition) is 0. The monoisotopic (exact) mass is 399 g/mol. The predicted octanol–water partition coefficient (Wildman–Crippen LogP) is 4.08. The number of halogens is 1. The maximum Gasteiger partial charge on any atom is 0.159 e. The van der Waals surface area contributed by atoms with Crippen LogP contribution in [-0.2, 0) is 6.42 Å². The summed E-state index contributed by atoms with van der Waals surface area (Å²) in [6, 6.07) is 19.3. The van der Waals surface area contributed by atoms with Crippen molar-refractivity contribution in [1.82, 2.24) is 15.2 Å². The van der Waals surface area contributed by atoms with Gasteiger partial charge in [0.05, 0.1) is 11.4 Å². The fraction of sp³-hybridized carbons (Fsp3) is 0.208. The second kappa shape index (κ2) is 8.06. The number of para-hydroxylation sites is 1. The minimum atomic E-state index is -0.170. The lowest BCUT2D eigenvalue weighted by atomic mass is 10.0. The van der Waals surface area contributed by atoms with E-state index >= 15 is 0 Å². The van der Waals surface area contributed by atoms with Crippen LogP contribution in [0.25, 0.3) is 10.8 Å². The fourth-order valence-electron chi connectivity index (χ4n) is 4.07. The van der Waals surface area contributed by atoms with E-state index in [2.05, 4.69) is 37.1 Å². The van der Waals surface area contributed by atoms with Crippen molar-refractivity contribution in [2.24, 2.45) is 0 Å². The van der Waals surface area contributed by atoms with E-state index in [0.29, 0.717) is 5.69 Å². The number of pyridine rings is 1. The molecule has 0 atom stereocenters. The Kier molecular flexibility index (Phi) is 4.97. The average Bonchev–Trinajstić information content (AvgIpc) is 2.81. The van der Waals surface area contributed by atoms with Crippen LogP contribution >= 0.6 is 0 Å². The maximum absolute atomic E-state index is 14.1. The summed E-state index contributed by atoms with van der Waals surface area (Å²) in [6.07, 6.45) is 4.32. The van der Waals surface area contributed by atoms with Crippen molar-refractivity contribution in [2.75, 3.05) is 36.0 Å². The van der Waals surface area contributed by atoms with Gasteiger partial charge in [0, 0.05) is 55.8 Å². The van der Waals surface area contributed by atoms with Gasteiger partial charge in [-0.1, -0.05) is 36.4 Å². The Balaban J connectivity index is 1.41. The van der Waals surface area contributed by atoms with Gasteiger partial charge in [-0.15, -0.1) is 5.10 Å². The van der Waals surface area contributed by atoms with E-state index in [1.807, 2.05) is 36.4 Å². The van der Waals surface area contributed by atoms with Crippen molar-refractivity contribution < 1.29 is 4.39 Å². The van der Waals surface area contributed by atoms with Crippen molar-refractivity contribution in [1.29, 1.82) is 0 Å². The number of anilines is 2. The molecule has 0 amide bonds. The second-order valence-corrected chi connectivity index (χ2v) is 7.47. The number of rotatable bonds is 4. The van der Waals surface area contributed by atoms with Gasteiger partial charge in [0.1, 0.15) is 5.82 Å². The highest BCUT2D eigenvalue weighted by atomic mass is 19.1. The van der Waals surface area contributed by atoms with Gasteiger partial charge in [-0.3, -0.25) is 4.98 Å². The normalized spacial score (nSPS) is 14.3. The number of hydrogen-bond acceptors (Lipinski definition) is 5. The van der Waals surface area contributed by atoms with Gasteiger partial charge in [-0.2, -0.15) is 5.10 Å². The Morgan fingerprint density at radius 2 is 1.40 bits per heavy atom. The smallest absolute Gasteiger partial charge is 0.159 e. The lowest BCUT2D eigenvalue weighted by molar-refractivity contribution is 0.595. The van der Waals surface area contributed by atoms with Gasteiger partial charge in [0.2, 0.25) is 0 Å². The van der Waals surface area contributed by atoms with Crippen LogP contribution in [0.1, 0.15) is 11.3 Å². The molecule has 150 valence electrons. The Bertz CT molecular complexity index is 1160. The van der Waals surface area contributed by atoms with E-state index in [4.69, 9.17) is 0 Å². The Labute approximate surface area is 174 Å². The number of fused-ring (bicyclic) bond motifs is 1. The molecule has 0 saturated carbocycles. The third-order valence-corrected chi connectivity index (χ3v) is 5.64. The number of nitrogens with zero attached hydrogens (tertiary/aromatic N) is 5. The molecule has 0 unspecified atom stereocenters. The van der Waals surface area contributed by atoms with Crippen LogP contribution in [0.2, 0.25) is 0 Å². The van der Waals surface area contributed by atoms with Gasteiger partial charge in [-0.25, -0.2) is 4.39 Å². The first-order chi connectivity index (χ1) is 14.8. The summed E-state index contributed by atoms with van der Waals surface area (Å²) >= 11 is 0. The minimum Gasteiger partial charge on any atom is -0.366 e. The molecule has 30 heavy (non-hydrogen) atoms. The van der Waals surface area contributed by atoms with E-state index in [0.717, 1.165) is 60.4 Å². The Morgan fingerprint density at radius 1 is 0.733 bits per heavy atom. The van der Waals surface area contributed by atoms with Crippen LogP contribution in [0.5, 0.6) is 0 Å². The van der Waals surface area contributed by atoms with Crippen molar-refractivity contribution in [3.8, 4) is 0 Å². The van der Waals surface area contributed by atoms with Gasteiger partial charge in [-0.05, 0) is 29.8 Å². The SMILES string of the molecule is Fc1ccccc1N1CCN(c2nnc(Cc3ccncc3)c3ccccc23)CC1. The number of aromatic nitrogens is 3. The number of benzene rings is 2. The summed E-state index contributed by atoms with van der Waals surface area (Å²) in [6.45, 7) is 3.04. The molecule has 0 bridgehead atoms. The molecule has 0 spiro atoms. The molecule has 3 heterocycles. The third-order valence-electron chi connectivity index (χ3n) is 5.64. The number of piperazine rings is 1. The van der Waals surface area contributed by atoms with Crippen LogP contribution in [0.3, 0.4) is 0 Å². The predicted molar refractivity (Wildman–Crippen MR) is 117 cm³/mol. The highest BCUT2D eigenvalue weighted by Crippen LogP contribution is 2.29. The molecule has 2 aromatic heterocycles. The zero-order chi connectivity index (χ0) is 20.3. The van der Waals surface area contributed by atoms with Gasteiger partial charge in [0.25, 0.3) is 0 Å². The molecule has 1 aliphatic heterocycles. The zero-order valence-corrected chi connectivity index (χ0v) is 16.6. The van der Waals surface area contributed by atoms with E-state index in [1.54, 1.807) is 18.5 Å². The van der Waals surface area contributed by atoms with Crippen molar-refractivity contribution in [2.45, 2.75) is 6.42 Å². The highest BCUT2D eigenvalue weighted by molar-refractivity contribution is 5.93. The first-order valence-corrected chi connectivity index (χ1v) is 10.2. The molecule has 2 aromatic carbocycles. The molecule has 6 heteroatoms. The van der Waals surface area contributed by atoms with E-state index in [9.17, 15) is 4.39 Å². The second-order valence-electron chi connectivity index (χ2n) is 7.47. The summed E-state index contributed by atoms with van der Waals surface area (Å²) in [5.41, 5.74) is 2.79. The average molecular weight is 399 g/mol. The van der Waals surface area contributed by atoms with Crippen LogP contribution in [0.4, 0.5) is 15.9 Å². The first-order valence-electron chi connectivity index (χ1n) is 10.2. The van der Waals surface area contributed by atoms with Gasteiger partial charge < -0.3 is 9.80 Å². The van der Waals surface area contributed by atoms with Crippen molar-refractivity contribution >= 4 is 22.3 Å². The summed E-state index contributed by atoms with van der Waals surface area (Å²) in [4.78, 5) is 8.44. The lowest BCUT2D eigenvalue weighted by Gasteiger charge is -2.37.